The summed E-state index contributed by atoms with van der Waals surface area (Å²) in [6.07, 6.45) is 4.29. The number of benzene rings is 1. The van der Waals surface area contributed by atoms with Gasteiger partial charge in [-0.1, -0.05) is 36.4 Å². The van der Waals surface area contributed by atoms with Crippen molar-refractivity contribution in [1.82, 2.24) is 0 Å². The molecule has 2 heteroatoms. The minimum Gasteiger partial charge on any atom is -0.144 e. The zero-order valence-electron chi connectivity index (χ0n) is 9.17. The normalized spacial score (nSPS) is 16.5. The Kier molecular flexibility index (Phi) is 2.99. The van der Waals surface area contributed by atoms with Gasteiger partial charge in [-0.05, 0) is 17.0 Å². The van der Waals surface area contributed by atoms with Gasteiger partial charge >= 0.3 is 0 Å². The highest BCUT2D eigenvalue weighted by atomic mass is 32.1. The van der Waals surface area contributed by atoms with Gasteiger partial charge in [0, 0.05) is 17.0 Å². The molecule has 0 N–H and O–H groups in total. The molecule has 1 aliphatic heterocycles. The van der Waals surface area contributed by atoms with Crippen molar-refractivity contribution >= 4 is 33.6 Å². The molecule has 3 rings (SSSR count). The first-order valence-corrected chi connectivity index (χ1v) is 7.21. The summed E-state index contributed by atoms with van der Waals surface area (Å²) in [5.41, 5.74) is 2.63. The van der Waals surface area contributed by atoms with E-state index in [9.17, 15) is 0 Å². The van der Waals surface area contributed by atoms with Gasteiger partial charge in [-0.25, -0.2) is 0 Å². The van der Waals surface area contributed by atoms with E-state index in [-0.39, 0.29) is 0 Å². The Morgan fingerprint density at radius 1 is 1.00 bits per heavy atom. The molecule has 1 aliphatic rings. The van der Waals surface area contributed by atoms with Crippen LogP contribution in [0.2, 0.25) is 0 Å². The van der Waals surface area contributed by atoms with Crippen LogP contribution in [-0.2, 0) is 11.4 Å². The monoisotopic (exact) mass is 255 g/mol. The predicted molar refractivity (Wildman–Crippen MR) is 79.4 cm³/mol. The van der Waals surface area contributed by atoms with E-state index in [1.807, 2.05) is 0 Å². The summed E-state index contributed by atoms with van der Waals surface area (Å²) >= 11 is 3.59. The van der Waals surface area contributed by atoms with E-state index in [2.05, 4.69) is 65.4 Å². The summed E-state index contributed by atoms with van der Waals surface area (Å²) in [6, 6.07) is 14.9. The van der Waals surface area contributed by atoms with Crippen molar-refractivity contribution in [3.05, 3.63) is 75.3 Å². The minimum absolute atomic E-state index is 1.29. The van der Waals surface area contributed by atoms with E-state index >= 15 is 0 Å². The average molecular weight is 255 g/mol. The lowest BCUT2D eigenvalue weighted by Crippen LogP contribution is -1.88. The van der Waals surface area contributed by atoms with Crippen LogP contribution in [0.4, 0.5) is 0 Å². The molecule has 0 fully saturated rings. The largest absolute Gasteiger partial charge is 0.240 e. The van der Waals surface area contributed by atoms with Crippen molar-refractivity contribution in [2.24, 2.45) is 0 Å². The van der Waals surface area contributed by atoms with Crippen LogP contribution in [-0.4, -0.2) is 5.37 Å². The van der Waals surface area contributed by atoms with Gasteiger partial charge in [0.15, 0.2) is 5.37 Å². The number of allylic oxidation sites excluding steroid dienone is 2. The molecule has 17 heavy (non-hydrogen) atoms. The van der Waals surface area contributed by atoms with E-state index in [1.54, 1.807) is 22.7 Å². The van der Waals surface area contributed by atoms with E-state index in [1.165, 1.54) is 20.9 Å². The topological polar surface area (TPSA) is 0 Å². The summed E-state index contributed by atoms with van der Waals surface area (Å²) in [6.45, 7) is 0. The Hall–Kier alpha value is -1.51. The first kappa shape index (κ1) is 10.6. The highest BCUT2D eigenvalue weighted by molar-refractivity contribution is 7.82. The SMILES string of the molecule is C1=C/C(=C(\c2ccccc2)c2cccs2)[S+]=C1. The molecule has 0 saturated heterocycles. The third-order valence-corrected chi connectivity index (χ3v) is 4.37. The molecule has 1 aromatic carbocycles. The zero-order valence-corrected chi connectivity index (χ0v) is 10.8. The summed E-state index contributed by atoms with van der Waals surface area (Å²) in [5.74, 6) is 0. The Bertz CT molecular complexity index is 573. The molecule has 2 heterocycles. The third-order valence-electron chi connectivity index (χ3n) is 2.60. The molecule has 0 amide bonds. The summed E-state index contributed by atoms with van der Waals surface area (Å²) < 4.78 is 0. The first-order chi connectivity index (χ1) is 8.45. The Morgan fingerprint density at radius 2 is 1.88 bits per heavy atom. The summed E-state index contributed by atoms with van der Waals surface area (Å²) in [4.78, 5) is 2.66. The van der Waals surface area contributed by atoms with E-state index < -0.39 is 0 Å². The molecule has 0 saturated carbocycles. The van der Waals surface area contributed by atoms with Crippen molar-refractivity contribution in [3.63, 3.8) is 0 Å². The van der Waals surface area contributed by atoms with Crippen LogP contribution >= 0.6 is 11.3 Å². The van der Waals surface area contributed by atoms with Gasteiger partial charge < -0.3 is 0 Å². The smallest absolute Gasteiger partial charge is 0.144 e. The third kappa shape index (κ3) is 2.14. The van der Waals surface area contributed by atoms with Crippen molar-refractivity contribution < 1.29 is 0 Å². The molecule has 0 unspecified atom stereocenters. The fourth-order valence-corrected chi connectivity index (χ4v) is 3.53. The lowest BCUT2D eigenvalue weighted by Gasteiger charge is -2.03. The van der Waals surface area contributed by atoms with Gasteiger partial charge in [0.25, 0.3) is 0 Å². The quantitative estimate of drug-likeness (QED) is 0.563. The van der Waals surface area contributed by atoms with Crippen LogP contribution in [0.15, 0.2) is 64.9 Å². The van der Waals surface area contributed by atoms with E-state index in [0.29, 0.717) is 0 Å². The van der Waals surface area contributed by atoms with Crippen molar-refractivity contribution in [1.29, 1.82) is 0 Å². The molecule has 0 bridgehead atoms. The highest BCUT2D eigenvalue weighted by Gasteiger charge is 2.19. The molecule has 0 spiro atoms. The maximum Gasteiger partial charge on any atom is 0.240 e. The lowest BCUT2D eigenvalue weighted by molar-refractivity contribution is 1.60. The minimum atomic E-state index is 1.29. The summed E-state index contributed by atoms with van der Waals surface area (Å²) in [5, 5.41) is 4.26. The number of thiophene rings is 1. The maximum atomic E-state index is 2.19. The molecule has 0 aliphatic carbocycles. The molecule has 0 atom stereocenters. The van der Waals surface area contributed by atoms with Crippen LogP contribution in [0.1, 0.15) is 10.4 Å². The van der Waals surface area contributed by atoms with Gasteiger partial charge in [0.1, 0.15) is 0 Å². The molecule has 82 valence electrons. The number of rotatable bonds is 2. The molecule has 1 aromatic heterocycles. The molecular weight excluding hydrogens is 244 g/mol. The fraction of sp³-hybridized carbons (Fsp3) is 0. The van der Waals surface area contributed by atoms with Gasteiger partial charge in [0.05, 0.1) is 5.57 Å². The van der Waals surface area contributed by atoms with E-state index in [4.69, 9.17) is 0 Å². The van der Waals surface area contributed by atoms with E-state index in [0.717, 1.165) is 0 Å². The molecule has 2 aromatic rings. The second kappa shape index (κ2) is 4.78. The van der Waals surface area contributed by atoms with Crippen LogP contribution < -0.4 is 0 Å². The maximum absolute atomic E-state index is 2.19. The van der Waals surface area contributed by atoms with Crippen LogP contribution in [0.25, 0.3) is 5.57 Å². The second-order valence-corrected chi connectivity index (χ2v) is 5.59. The predicted octanol–water partition coefficient (Wildman–Crippen LogP) is 3.96. The second-order valence-electron chi connectivity index (χ2n) is 3.70. The lowest BCUT2D eigenvalue weighted by atomic mass is 10.0. The molecular formula is C15H11S2+. The number of hydrogen-bond acceptors (Lipinski definition) is 1. The highest BCUT2D eigenvalue weighted by Crippen LogP contribution is 2.31. The molecule has 0 radical (unpaired) electrons. The van der Waals surface area contributed by atoms with Crippen molar-refractivity contribution in [2.45, 2.75) is 0 Å². The van der Waals surface area contributed by atoms with Crippen molar-refractivity contribution in [3.8, 4) is 0 Å². The van der Waals surface area contributed by atoms with Gasteiger partial charge in [-0.3, -0.25) is 0 Å². The first-order valence-electron chi connectivity index (χ1n) is 5.45. The Labute approximate surface area is 109 Å². The standard InChI is InChI=1S/C15H11S2/c1-2-6-12(7-3-1)15(13-8-4-10-16-13)14-9-5-11-17-14/h1-11H/q+1. The zero-order chi connectivity index (χ0) is 11.5. The molecule has 0 nitrogen and oxygen atoms in total. The van der Waals surface area contributed by atoms with Crippen LogP contribution in [0.5, 0.6) is 0 Å². The van der Waals surface area contributed by atoms with Gasteiger partial charge in [-0.15, -0.1) is 11.3 Å². The van der Waals surface area contributed by atoms with Gasteiger partial charge in [0.2, 0.25) is 16.3 Å². The Balaban J connectivity index is 2.20. The van der Waals surface area contributed by atoms with Crippen molar-refractivity contribution in [2.75, 3.05) is 0 Å². The number of hydrogen-bond donors (Lipinski definition) is 0. The van der Waals surface area contributed by atoms with Crippen LogP contribution in [0.3, 0.4) is 0 Å². The average Bonchev–Trinajstić information content (AvgIpc) is 3.04. The summed E-state index contributed by atoms with van der Waals surface area (Å²) in [7, 11) is 0. The van der Waals surface area contributed by atoms with Crippen LogP contribution in [0, 0.1) is 0 Å². The van der Waals surface area contributed by atoms with Gasteiger partial charge in [-0.2, -0.15) is 0 Å². The fourth-order valence-electron chi connectivity index (χ4n) is 1.85. The Morgan fingerprint density at radius 3 is 2.53 bits per heavy atom.